The molecule has 98 valence electrons. The fraction of sp³-hybridized carbons (Fsp3) is 0.500. The molecule has 0 unspecified atom stereocenters. The number of aliphatic hydroxyl groups is 1. The van der Waals surface area contributed by atoms with E-state index in [4.69, 9.17) is 5.11 Å². The van der Waals surface area contributed by atoms with Crippen molar-refractivity contribution >= 4 is 11.7 Å². The number of carbonyl (C=O) groups is 1. The van der Waals surface area contributed by atoms with Crippen LogP contribution in [0.5, 0.6) is 0 Å². The summed E-state index contributed by atoms with van der Waals surface area (Å²) in [4.78, 5) is 13.8. The largest absolute Gasteiger partial charge is 0.396 e. The first kappa shape index (κ1) is 12.9. The van der Waals surface area contributed by atoms with E-state index in [1.54, 1.807) is 0 Å². The van der Waals surface area contributed by atoms with Gasteiger partial charge in [0, 0.05) is 25.4 Å². The van der Waals surface area contributed by atoms with E-state index in [-0.39, 0.29) is 12.6 Å². The second-order valence-corrected chi connectivity index (χ2v) is 4.65. The van der Waals surface area contributed by atoms with Gasteiger partial charge in [-0.05, 0) is 43.4 Å². The van der Waals surface area contributed by atoms with E-state index in [1.807, 2.05) is 29.2 Å². The van der Waals surface area contributed by atoms with Crippen molar-refractivity contribution in [3.05, 3.63) is 29.8 Å². The molecule has 1 fully saturated rings. The third kappa shape index (κ3) is 3.47. The zero-order chi connectivity index (χ0) is 12.8. The van der Waals surface area contributed by atoms with Gasteiger partial charge in [-0.2, -0.15) is 0 Å². The molecule has 1 aromatic carbocycles. The minimum Gasteiger partial charge on any atom is -0.396 e. The lowest BCUT2D eigenvalue weighted by Crippen LogP contribution is -2.32. The Morgan fingerprint density at radius 2 is 2.11 bits per heavy atom. The van der Waals surface area contributed by atoms with E-state index >= 15 is 0 Å². The molecule has 0 radical (unpaired) electrons. The second-order valence-electron chi connectivity index (χ2n) is 4.65. The van der Waals surface area contributed by atoms with Crippen molar-refractivity contribution in [3.8, 4) is 0 Å². The van der Waals surface area contributed by atoms with Gasteiger partial charge in [0.05, 0.1) is 0 Å². The summed E-state index contributed by atoms with van der Waals surface area (Å²) in [5.74, 6) is 0. The lowest BCUT2D eigenvalue weighted by molar-refractivity contribution is 0.222. The highest BCUT2D eigenvalue weighted by molar-refractivity contribution is 5.89. The average molecular weight is 248 g/mol. The zero-order valence-electron chi connectivity index (χ0n) is 10.6. The summed E-state index contributed by atoms with van der Waals surface area (Å²) in [6.07, 6.45) is 3.79. The molecule has 1 aliphatic heterocycles. The molecule has 2 N–H and O–H groups in total. The number of likely N-dealkylation sites (tertiary alicyclic amines) is 1. The van der Waals surface area contributed by atoms with Gasteiger partial charge in [0.2, 0.25) is 0 Å². The van der Waals surface area contributed by atoms with E-state index < -0.39 is 0 Å². The van der Waals surface area contributed by atoms with E-state index in [0.29, 0.717) is 0 Å². The number of hydrogen-bond donors (Lipinski definition) is 2. The van der Waals surface area contributed by atoms with Crippen molar-refractivity contribution < 1.29 is 9.90 Å². The van der Waals surface area contributed by atoms with Gasteiger partial charge in [-0.25, -0.2) is 4.79 Å². The molecule has 2 rings (SSSR count). The number of rotatable bonds is 4. The number of hydrogen-bond acceptors (Lipinski definition) is 2. The predicted octanol–water partition coefficient (Wildman–Crippen LogP) is 2.24. The summed E-state index contributed by atoms with van der Waals surface area (Å²) in [7, 11) is 0. The molecule has 0 aromatic heterocycles. The highest BCUT2D eigenvalue weighted by Crippen LogP contribution is 2.14. The third-order valence-electron chi connectivity index (χ3n) is 3.20. The third-order valence-corrected chi connectivity index (χ3v) is 3.20. The Morgan fingerprint density at radius 1 is 1.33 bits per heavy atom. The standard InChI is InChI=1S/C14H20N2O2/c17-10-4-6-12-5-3-7-13(11-12)15-14(18)16-8-1-2-9-16/h3,5,7,11,17H,1-2,4,6,8-10H2,(H,15,18). The topological polar surface area (TPSA) is 52.6 Å². The molecule has 1 heterocycles. The van der Waals surface area contributed by atoms with Gasteiger partial charge in [-0.1, -0.05) is 12.1 Å². The summed E-state index contributed by atoms with van der Waals surface area (Å²) in [6.45, 7) is 1.91. The number of aliphatic hydroxyl groups excluding tert-OH is 1. The summed E-state index contributed by atoms with van der Waals surface area (Å²) >= 11 is 0. The van der Waals surface area contributed by atoms with Gasteiger partial charge in [0.25, 0.3) is 0 Å². The quantitative estimate of drug-likeness (QED) is 0.858. The van der Waals surface area contributed by atoms with E-state index in [2.05, 4.69) is 5.32 Å². The monoisotopic (exact) mass is 248 g/mol. The molecular weight excluding hydrogens is 228 g/mol. The Morgan fingerprint density at radius 3 is 2.83 bits per heavy atom. The first-order chi connectivity index (χ1) is 8.79. The molecule has 0 spiro atoms. The van der Waals surface area contributed by atoms with Gasteiger partial charge in [-0.15, -0.1) is 0 Å². The molecule has 0 atom stereocenters. The smallest absolute Gasteiger partial charge is 0.321 e. The van der Waals surface area contributed by atoms with Crippen LogP contribution < -0.4 is 5.32 Å². The maximum Gasteiger partial charge on any atom is 0.321 e. The van der Waals surface area contributed by atoms with Crippen molar-refractivity contribution in [2.75, 3.05) is 25.0 Å². The summed E-state index contributed by atoms with van der Waals surface area (Å²) < 4.78 is 0. The number of nitrogens with one attached hydrogen (secondary N) is 1. The minimum absolute atomic E-state index is 0.00759. The highest BCUT2D eigenvalue weighted by Gasteiger charge is 2.17. The molecule has 0 bridgehead atoms. The van der Waals surface area contributed by atoms with Crippen LogP contribution in [0.1, 0.15) is 24.8 Å². The second kappa shape index (κ2) is 6.40. The normalized spacial score (nSPS) is 14.8. The summed E-state index contributed by atoms with van der Waals surface area (Å²) in [5.41, 5.74) is 1.98. The average Bonchev–Trinajstić information content (AvgIpc) is 2.91. The fourth-order valence-electron chi connectivity index (χ4n) is 2.21. The minimum atomic E-state index is -0.00759. The molecule has 1 aliphatic rings. The molecule has 0 saturated carbocycles. The first-order valence-electron chi connectivity index (χ1n) is 6.55. The summed E-state index contributed by atoms with van der Waals surface area (Å²) in [6, 6.07) is 7.82. The van der Waals surface area contributed by atoms with Crippen molar-refractivity contribution in [2.24, 2.45) is 0 Å². The zero-order valence-corrected chi connectivity index (χ0v) is 10.6. The number of anilines is 1. The number of amides is 2. The number of aryl methyl sites for hydroxylation is 1. The number of carbonyl (C=O) groups excluding carboxylic acids is 1. The predicted molar refractivity (Wildman–Crippen MR) is 71.7 cm³/mol. The van der Waals surface area contributed by atoms with Gasteiger partial charge in [0.1, 0.15) is 0 Å². The number of benzene rings is 1. The van der Waals surface area contributed by atoms with Crippen LogP contribution in [0.4, 0.5) is 10.5 Å². The van der Waals surface area contributed by atoms with E-state index in [9.17, 15) is 4.79 Å². The van der Waals surface area contributed by atoms with Gasteiger partial charge in [-0.3, -0.25) is 0 Å². The molecule has 4 heteroatoms. The lowest BCUT2D eigenvalue weighted by atomic mass is 10.1. The van der Waals surface area contributed by atoms with E-state index in [1.165, 1.54) is 0 Å². The Bertz CT molecular complexity index is 401. The molecule has 18 heavy (non-hydrogen) atoms. The van der Waals surface area contributed by atoms with Crippen LogP contribution in [0.15, 0.2) is 24.3 Å². The van der Waals surface area contributed by atoms with Crippen LogP contribution >= 0.6 is 0 Å². The SMILES string of the molecule is O=C(Nc1cccc(CCCO)c1)N1CCCC1. The first-order valence-corrected chi connectivity index (χ1v) is 6.55. The van der Waals surface area contributed by atoms with E-state index in [0.717, 1.165) is 50.0 Å². The maximum absolute atomic E-state index is 11.9. The summed E-state index contributed by atoms with van der Waals surface area (Å²) in [5, 5.41) is 11.7. The van der Waals surface area contributed by atoms with Crippen molar-refractivity contribution in [1.82, 2.24) is 4.90 Å². The van der Waals surface area contributed by atoms with Crippen LogP contribution in [-0.4, -0.2) is 35.7 Å². The lowest BCUT2D eigenvalue weighted by Gasteiger charge is -2.16. The number of nitrogens with zero attached hydrogens (tertiary/aromatic N) is 1. The van der Waals surface area contributed by atoms with Crippen molar-refractivity contribution in [3.63, 3.8) is 0 Å². The Kier molecular flexibility index (Phi) is 4.59. The Balaban J connectivity index is 1.93. The van der Waals surface area contributed by atoms with Gasteiger partial charge >= 0.3 is 6.03 Å². The Labute approximate surface area is 108 Å². The maximum atomic E-state index is 11.9. The van der Waals surface area contributed by atoms with Crippen molar-refractivity contribution in [1.29, 1.82) is 0 Å². The number of urea groups is 1. The molecule has 1 saturated heterocycles. The van der Waals surface area contributed by atoms with Crippen LogP contribution in [0.25, 0.3) is 0 Å². The fourth-order valence-corrected chi connectivity index (χ4v) is 2.21. The highest BCUT2D eigenvalue weighted by atomic mass is 16.2. The molecule has 0 aliphatic carbocycles. The van der Waals surface area contributed by atoms with Crippen LogP contribution in [0.3, 0.4) is 0 Å². The molecule has 1 aromatic rings. The van der Waals surface area contributed by atoms with Gasteiger partial charge < -0.3 is 15.3 Å². The van der Waals surface area contributed by atoms with Gasteiger partial charge in [0.15, 0.2) is 0 Å². The van der Waals surface area contributed by atoms with Crippen LogP contribution in [0, 0.1) is 0 Å². The molecule has 4 nitrogen and oxygen atoms in total. The molecular formula is C14H20N2O2. The van der Waals surface area contributed by atoms with Crippen LogP contribution in [-0.2, 0) is 6.42 Å². The molecule has 2 amide bonds. The Hall–Kier alpha value is -1.55. The van der Waals surface area contributed by atoms with Crippen LogP contribution in [0.2, 0.25) is 0 Å². The van der Waals surface area contributed by atoms with Crippen molar-refractivity contribution in [2.45, 2.75) is 25.7 Å².